The van der Waals surface area contributed by atoms with Gasteiger partial charge in [0.25, 0.3) is 11.7 Å². The Balaban J connectivity index is 1.94. The number of aromatic amines is 1. The van der Waals surface area contributed by atoms with Gasteiger partial charge in [-0.1, -0.05) is 23.9 Å². The summed E-state index contributed by atoms with van der Waals surface area (Å²) in [5.74, 6) is -2.90. The van der Waals surface area contributed by atoms with Gasteiger partial charge in [0.15, 0.2) is 0 Å². The summed E-state index contributed by atoms with van der Waals surface area (Å²) in [7, 11) is 0. The molecule has 1 aromatic heterocycles. The van der Waals surface area contributed by atoms with E-state index in [9.17, 15) is 13.6 Å². The predicted molar refractivity (Wildman–Crippen MR) is 72.9 cm³/mol. The van der Waals surface area contributed by atoms with Crippen molar-refractivity contribution >= 4 is 17.7 Å². The van der Waals surface area contributed by atoms with Crippen molar-refractivity contribution in [3.8, 4) is 0 Å². The number of imidazole rings is 1. The number of thioether (sulfide) groups is 1. The van der Waals surface area contributed by atoms with Crippen molar-refractivity contribution in [1.82, 2.24) is 15.3 Å². The van der Waals surface area contributed by atoms with E-state index >= 15 is 0 Å². The summed E-state index contributed by atoms with van der Waals surface area (Å²) in [6.07, 6.45) is 3.84. The summed E-state index contributed by atoms with van der Waals surface area (Å²) in [6.45, 7) is 0.411. The highest BCUT2D eigenvalue weighted by Gasteiger charge is 2.14. The number of halogens is 2. The third-order valence-electron chi connectivity index (χ3n) is 2.58. The molecular weight excluding hydrogens is 284 g/mol. The molecule has 0 aliphatic heterocycles. The first kappa shape index (κ1) is 14.5. The monoisotopic (exact) mass is 297 g/mol. The molecule has 1 heterocycles. The molecule has 4 nitrogen and oxygen atoms in total. The van der Waals surface area contributed by atoms with Crippen molar-refractivity contribution in [2.75, 3.05) is 6.54 Å². The van der Waals surface area contributed by atoms with E-state index in [0.29, 0.717) is 24.7 Å². The molecule has 0 unspecified atom stereocenters. The molecule has 106 valence electrons. The molecule has 2 rings (SSSR count). The quantitative estimate of drug-likeness (QED) is 0.806. The summed E-state index contributed by atoms with van der Waals surface area (Å²) >= 11 is 0.374. The van der Waals surface area contributed by atoms with Crippen LogP contribution in [0.4, 0.5) is 8.78 Å². The summed E-state index contributed by atoms with van der Waals surface area (Å²) in [6, 6.07) is 6.34. The lowest BCUT2D eigenvalue weighted by molar-refractivity contribution is 0.0951. The molecule has 1 amide bonds. The molecule has 0 atom stereocenters. The fraction of sp³-hybridized carbons (Fsp3) is 0.231. The van der Waals surface area contributed by atoms with Crippen molar-refractivity contribution in [3.63, 3.8) is 0 Å². The van der Waals surface area contributed by atoms with Crippen molar-refractivity contribution in [1.29, 1.82) is 0 Å². The van der Waals surface area contributed by atoms with E-state index < -0.39 is 5.76 Å². The molecule has 7 heteroatoms. The Morgan fingerprint density at radius 1 is 1.40 bits per heavy atom. The Labute approximate surface area is 119 Å². The topological polar surface area (TPSA) is 57.8 Å². The van der Waals surface area contributed by atoms with E-state index in [1.807, 2.05) is 0 Å². The summed E-state index contributed by atoms with van der Waals surface area (Å²) < 4.78 is 24.8. The zero-order chi connectivity index (χ0) is 14.4. The van der Waals surface area contributed by atoms with Gasteiger partial charge in [-0.25, -0.2) is 4.98 Å². The number of aromatic nitrogens is 2. The van der Waals surface area contributed by atoms with Gasteiger partial charge >= 0.3 is 0 Å². The molecule has 0 radical (unpaired) electrons. The Hall–Kier alpha value is -1.89. The molecule has 1 aromatic carbocycles. The third-order valence-corrected chi connectivity index (χ3v) is 3.37. The van der Waals surface area contributed by atoms with Crippen LogP contribution >= 0.6 is 11.8 Å². The van der Waals surface area contributed by atoms with Crippen molar-refractivity contribution < 1.29 is 13.6 Å². The molecule has 0 spiro atoms. The summed E-state index contributed by atoms with van der Waals surface area (Å²) in [4.78, 5) is 19.1. The number of carbonyl (C=O) groups is 1. The van der Waals surface area contributed by atoms with E-state index in [0.717, 1.165) is 5.69 Å². The minimum Gasteiger partial charge on any atom is -0.352 e. The number of nitrogens with zero attached hydrogens (tertiary/aromatic N) is 1. The van der Waals surface area contributed by atoms with Crippen LogP contribution in [0.5, 0.6) is 0 Å². The van der Waals surface area contributed by atoms with Crippen LogP contribution in [0.2, 0.25) is 0 Å². The fourth-order valence-corrected chi connectivity index (χ4v) is 2.32. The first-order valence-corrected chi connectivity index (χ1v) is 6.84. The van der Waals surface area contributed by atoms with Gasteiger partial charge in [0.1, 0.15) is 0 Å². The third kappa shape index (κ3) is 4.06. The maximum absolute atomic E-state index is 12.4. The van der Waals surface area contributed by atoms with Crippen LogP contribution in [0.15, 0.2) is 41.7 Å². The second-order valence-electron chi connectivity index (χ2n) is 3.96. The zero-order valence-electron chi connectivity index (χ0n) is 10.5. The van der Waals surface area contributed by atoms with Crippen molar-refractivity contribution in [3.05, 3.63) is 48.0 Å². The Morgan fingerprint density at radius 2 is 2.20 bits per heavy atom. The molecule has 0 aliphatic rings. The fourth-order valence-electron chi connectivity index (χ4n) is 1.68. The van der Waals surface area contributed by atoms with Crippen LogP contribution in [0, 0.1) is 0 Å². The molecule has 2 aromatic rings. The minimum atomic E-state index is -2.55. The zero-order valence-corrected chi connectivity index (χ0v) is 11.3. The van der Waals surface area contributed by atoms with Gasteiger partial charge in [-0.3, -0.25) is 4.79 Å². The average Bonchev–Trinajstić information content (AvgIpc) is 2.91. The first-order chi connectivity index (χ1) is 9.66. The van der Waals surface area contributed by atoms with Crippen LogP contribution in [0.25, 0.3) is 0 Å². The summed E-state index contributed by atoms with van der Waals surface area (Å²) in [5.41, 5.74) is 1.17. The molecule has 2 N–H and O–H groups in total. The van der Waals surface area contributed by atoms with Gasteiger partial charge in [-0.2, -0.15) is 8.78 Å². The van der Waals surface area contributed by atoms with Gasteiger partial charge in [-0.15, -0.1) is 0 Å². The van der Waals surface area contributed by atoms with Gasteiger partial charge in [0.05, 0.1) is 11.9 Å². The number of nitrogens with one attached hydrogen (secondary N) is 2. The number of H-pyrrole nitrogens is 1. The van der Waals surface area contributed by atoms with Crippen LogP contribution in [0.3, 0.4) is 0 Å². The molecule has 0 saturated carbocycles. The number of carbonyl (C=O) groups excluding carboxylic acids is 1. The molecule has 0 bridgehead atoms. The van der Waals surface area contributed by atoms with Crippen LogP contribution < -0.4 is 5.32 Å². The lowest BCUT2D eigenvalue weighted by atomic mass is 10.2. The highest BCUT2D eigenvalue weighted by molar-refractivity contribution is 7.99. The second-order valence-corrected chi connectivity index (χ2v) is 4.99. The van der Waals surface area contributed by atoms with Gasteiger partial charge in [0.2, 0.25) is 0 Å². The lowest BCUT2D eigenvalue weighted by Gasteiger charge is -2.09. The molecule has 20 heavy (non-hydrogen) atoms. The van der Waals surface area contributed by atoms with Gasteiger partial charge in [0, 0.05) is 29.8 Å². The number of alkyl halides is 2. The molecule has 0 aliphatic carbocycles. The Bertz CT molecular complexity index is 561. The van der Waals surface area contributed by atoms with Crippen molar-refractivity contribution in [2.24, 2.45) is 0 Å². The average molecular weight is 297 g/mol. The van der Waals surface area contributed by atoms with Crippen LogP contribution in [-0.4, -0.2) is 28.2 Å². The van der Waals surface area contributed by atoms with Crippen molar-refractivity contribution in [2.45, 2.75) is 17.1 Å². The highest BCUT2D eigenvalue weighted by atomic mass is 32.2. The van der Waals surface area contributed by atoms with E-state index in [2.05, 4.69) is 15.3 Å². The van der Waals surface area contributed by atoms with E-state index in [-0.39, 0.29) is 16.4 Å². The van der Waals surface area contributed by atoms with Gasteiger partial charge < -0.3 is 10.3 Å². The van der Waals surface area contributed by atoms with Gasteiger partial charge in [-0.05, 0) is 12.1 Å². The van der Waals surface area contributed by atoms with Crippen LogP contribution in [0.1, 0.15) is 16.1 Å². The Kier molecular flexibility index (Phi) is 5.11. The van der Waals surface area contributed by atoms with E-state index in [1.54, 1.807) is 24.7 Å². The Morgan fingerprint density at radius 3 is 2.90 bits per heavy atom. The second kappa shape index (κ2) is 7.04. The summed E-state index contributed by atoms with van der Waals surface area (Å²) in [5, 5.41) is 2.71. The first-order valence-electron chi connectivity index (χ1n) is 5.96. The maximum Gasteiger partial charge on any atom is 0.288 e. The number of hydrogen-bond acceptors (Lipinski definition) is 3. The molecular formula is C13H13F2N3OS. The number of hydrogen-bond donors (Lipinski definition) is 2. The van der Waals surface area contributed by atoms with Crippen LogP contribution in [-0.2, 0) is 6.42 Å². The SMILES string of the molecule is O=C(NCCc1cnc[nH]1)c1ccccc1SC(F)F. The normalized spacial score (nSPS) is 10.8. The standard InChI is InChI=1S/C13H13F2N3OS/c14-13(15)20-11-4-2-1-3-10(11)12(19)17-6-5-9-7-16-8-18-9/h1-4,7-8,13H,5-6H2,(H,16,18)(H,17,19). The minimum absolute atomic E-state index is 0.266. The molecule has 0 fully saturated rings. The molecule has 0 saturated heterocycles. The maximum atomic E-state index is 12.4. The number of rotatable bonds is 6. The van der Waals surface area contributed by atoms with E-state index in [1.165, 1.54) is 12.1 Å². The number of benzene rings is 1. The predicted octanol–water partition coefficient (Wildman–Crippen LogP) is 2.70. The number of amides is 1. The lowest BCUT2D eigenvalue weighted by Crippen LogP contribution is -2.26. The largest absolute Gasteiger partial charge is 0.352 e. The van der Waals surface area contributed by atoms with E-state index in [4.69, 9.17) is 0 Å². The smallest absolute Gasteiger partial charge is 0.288 e. The highest BCUT2D eigenvalue weighted by Crippen LogP contribution is 2.28.